The molecule has 2 aliphatic heterocycles. The Morgan fingerprint density at radius 3 is 2.39 bits per heavy atom. The van der Waals surface area contributed by atoms with Crippen LogP contribution in [0.5, 0.6) is 5.75 Å². The largest absolute Gasteiger partial charge is 0.497 e. The van der Waals surface area contributed by atoms with E-state index in [1.165, 1.54) is 0 Å². The third kappa shape index (κ3) is 1.32. The van der Waals surface area contributed by atoms with Crippen LogP contribution in [-0.4, -0.2) is 33.5 Å². The van der Waals surface area contributed by atoms with E-state index in [1.54, 1.807) is 7.11 Å². The van der Waals surface area contributed by atoms with Crippen molar-refractivity contribution in [2.24, 2.45) is 5.41 Å². The van der Waals surface area contributed by atoms with Gasteiger partial charge in [-0.2, -0.15) is 5.26 Å². The van der Waals surface area contributed by atoms with Gasteiger partial charge in [-0.1, -0.05) is 12.1 Å². The van der Waals surface area contributed by atoms with Gasteiger partial charge in [0, 0.05) is 0 Å². The minimum absolute atomic E-state index is 0.242. The summed E-state index contributed by atoms with van der Waals surface area (Å²) >= 11 is 0. The minimum Gasteiger partial charge on any atom is -0.497 e. The van der Waals surface area contributed by atoms with Gasteiger partial charge in [0.25, 0.3) is 0 Å². The molecule has 2 heterocycles. The first kappa shape index (κ1) is 11.5. The van der Waals surface area contributed by atoms with Crippen molar-refractivity contribution >= 4 is 0 Å². The van der Waals surface area contributed by atoms with Crippen LogP contribution >= 0.6 is 0 Å². The summed E-state index contributed by atoms with van der Waals surface area (Å²) in [5.74, 6) is 0.812. The molecule has 0 unspecified atom stereocenters. The van der Waals surface area contributed by atoms with E-state index in [2.05, 4.69) is 6.07 Å². The molecule has 2 fully saturated rings. The number of rotatable bonds is 3. The third-order valence-corrected chi connectivity index (χ3v) is 4.15. The van der Waals surface area contributed by atoms with E-state index >= 15 is 0 Å². The summed E-state index contributed by atoms with van der Waals surface area (Å²) in [5, 5.41) is 9.51. The molecule has 94 valence electrons. The molecule has 0 radical (unpaired) electrons. The maximum absolute atomic E-state index is 9.51. The number of ether oxygens (including phenoxy) is 3. The standard InChI is InChI=1S/C14H15NO3/c1-16-12-4-2-3-11(5-12)14(9-18-10-14)13(6-15)7-17-8-13/h2-5H,7-10H2,1H3. The molecule has 1 aromatic carbocycles. The molecule has 0 amide bonds. The van der Waals surface area contributed by atoms with E-state index in [-0.39, 0.29) is 5.41 Å². The van der Waals surface area contributed by atoms with E-state index in [0.717, 1.165) is 11.3 Å². The lowest BCUT2D eigenvalue weighted by Gasteiger charge is -2.55. The summed E-state index contributed by atoms with van der Waals surface area (Å²) in [6.07, 6.45) is 0. The lowest BCUT2D eigenvalue weighted by molar-refractivity contribution is -0.201. The summed E-state index contributed by atoms with van der Waals surface area (Å²) in [6.45, 7) is 2.14. The smallest absolute Gasteiger partial charge is 0.119 e. The summed E-state index contributed by atoms with van der Waals surface area (Å²) < 4.78 is 15.9. The first-order valence-electron chi connectivity index (χ1n) is 5.98. The molecule has 0 bridgehead atoms. The second-order valence-electron chi connectivity index (χ2n) is 4.99. The fourth-order valence-corrected chi connectivity index (χ4v) is 2.70. The van der Waals surface area contributed by atoms with Gasteiger partial charge in [0.05, 0.1) is 45.0 Å². The van der Waals surface area contributed by atoms with Gasteiger partial charge in [0.15, 0.2) is 0 Å². The molecule has 0 saturated carbocycles. The first-order valence-corrected chi connectivity index (χ1v) is 5.98. The molecule has 0 N–H and O–H groups in total. The molecule has 0 aliphatic carbocycles. The van der Waals surface area contributed by atoms with Gasteiger partial charge in [-0.05, 0) is 17.7 Å². The van der Waals surface area contributed by atoms with Gasteiger partial charge in [-0.3, -0.25) is 0 Å². The zero-order valence-electron chi connectivity index (χ0n) is 10.3. The van der Waals surface area contributed by atoms with E-state index in [9.17, 15) is 5.26 Å². The molecule has 2 aliphatic rings. The number of hydrogen-bond donors (Lipinski definition) is 0. The Balaban J connectivity index is 2.03. The van der Waals surface area contributed by atoms with E-state index in [0.29, 0.717) is 26.4 Å². The van der Waals surface area contributed by atoms with Crippen LogP contribution in [0, 0.1) is 16.7 Å². The summed E-state index contributed by atoms with van der Waals surface area (Å²) in [4.78, 5) is 0. The Labute approximate surface area is 106 Å². The summed E-state index contributed by atoms with van der Waals surface area (Å²) in [7, 11) is 1.65. The van der Waals surface area contributed by atoms with Crippen molar-refractivity contribution in [1.82, 2.24) is 0 Å². The molecule has 3 rings (SSSR count). The quantitative estimate of drug-likeness (QED) is 0.809. The minimum atomic E-state index is -0.447. The number of nitriles is 1. The fourth-order valence-electron chi connectivity index (χ4n) is 2.70. The van der Waals surface area contributed by atoms with Gasteiger partial charge >= 0.3 is 0 Å². The Morgan fingerprint density at radius 2 is 1.94 bits per heavy atom. The van der Waals surface area contributed by atoms with Gasteiger partial charge in [0.2, 0.25) is 0 Å². The van der Waals surface area contributed by atoms with Crippen LogP contribution in [0.4, 0.5) is 0 Å². The molecule has 0 spiro atoms. The van der Waals surface area contributed by atoms with Crippen LogP contribution in [0.2, 0.25) is 0 Å². The Hall–Kier alpha value is -1.57. The van der Waals surface area contributed by atoms with Crippen molar-refractivity contribution in [3.63, 3.8) is 0 Å². The highest BCUT2D eigenvalue weighted by Crippen LogP contribution is 2.51. The molecule has 0 aromatic heterocycles. The molecule has 0 atom stereocenters. The molecule has 4 nitrogen and oxygen atoms in total. The zero-order valence-corrected chi connectivity index (χ0v) is 10.3. The average Bonchev–Trinajstić information content (AvgIpc) is 2.31. The molecule has 4 heteroatoms. The summed E-state index contributed by atoms with van der Waals surface area (Å²) in [5.41, 5.74) is 0.421. The van der Waals surface area contributed by atoms with E-state index in [4.69, 9.17) is 14.2 Å². The van der Waals surface area contributed by atoms with Crippen molar-refractivity contribution in [2.45, 2.75) is 5.41 Å². The second kappa shape index (κ2) is 3.98. The highest BCUT2D eigenvalue weighted by atomic mass is 16.5. The van der Waals surface area contributed by atoms with E-state index < -0.39 is 5.41 Å². The Bertz CT molecular complexity index is 498. The predicted molar refractivity (Wildman–Crippen MR) is 64.4 cm³/mol. The van der Waals surface area contributed by atoms with Gasteiger partial charge in [-0.15, -0.1) is 0 Å². The molecular formula is C14H15NO3. The van der Waals surface area contributed by atoms with Crippen molar-refractivity contribution in [3.8, 4) is 11.8 Å². The second-order valence-corrected chi connectivity index (χ2v) is 4.99. The highest BCUT2D eigenvalue weighted by Gasteiger charge is 2.62. The molecular weight excluding hydrogens is 230 g/mol. The van der Waals surface area contributed by atoms with E-state index in [1.807, 2.05) is 24.3 Å². The van der Waals surface area contributed by atoms with Crippen molar-refractivity contribution in [1.29, 1.82) is 5.26 Å². The number of benzene rings is 1. The topological polar surface area (TPSA) is 51.5 Å². The molecule has 18 heavy (non-hydrogen) atoms. The van der Waals surface area contributed by atoms with Crippen molar-refractivity contribution in [2.75, 3.05) is 33.5 Å². The lowest BCUT2D eigenvalue weighted by Crippen LogP contribution is -2.66. The maximum atomic E-state index is 9.51. The van der Waals surface area contributed by atoms with Crippen LogP contribution in [0.1, 0.15) is 5.56 Å². The highest BCUT2D eigenvalue weighted by molar-refractivity contribution is 5.41. The van der Waals surface area contributed by atoms with Crippen LogP contribution in [0.25, 0.3) is 0 Å². The van der Waals surface area contributed by atoms with Crippen LogP contribution in [0.15, 0.2) is 24.3 Å². The van der Waals surface area contributed by atoms with Gasteiger partial charge in [-0.25, -0.2) is 0 Å². The first-order chi connectivity index (χ1) is 8.76. The number of hydrogen-bond acceptors (Lipinski definition) is 4. The maximum Gasteiger partial charge on any atom is 0.119 e. The van der Waals surface area contributed by atoms with Crippen LogP contribution in [-0.2, 0) is 14.9 Å². The third-order valence-electron chi connectivity index (χ3n) is 4.15. The Morgan fingerprint density at radius 1 is 1.22 bits per heavy atom. The average molecular weight is 245 g/mol. The van der Waals surface area contributed by atoms with Gasteiger partial charge < -0.3 is 14.2 Å². The van der Waals surface area contributed by atoms with Gasteiger partial charge in [0.1, 0.15) is 11.2 Å². The predicted octanol–water partition coefficient (Wildman–Crippen LogP) is 1.50. The normalized spacial score (nSPS) is 23.3. The van der Waals surface area contributed by atoms with Crippen LogP contribution in [0.3, 0.4) is 0 Å². The van der Waals surface area contributed by atoms with Crippen molar-refractivity contribution < 1.29 is 14.2 Å². The molecule has 2 saturated heterocycles. The zero-order chi connectivity index (χ0) is 12.6. The molecule has 1 aromatic rings. The van der Waals surface area contributed by atoms with Crippen LogP contribution < -0.4 is 4.74 Å². The summed E-state index contributed by atoms with van der Waals surface area (Å²) in [6, 6.07) is 10.4. The number of methoxy groups -OCH3 is 1. The Kier molecular flexibility index (Phi) is 2.54. The SMILES string of the molecule is COc1cccc(C2(C3(C#N)COC3)COC2)c1. The van der Waals surface area contributed by atoms with Crippen molar-refractivity contribution in [3.05, 3.63) is 29.8 Å². The lowest BCUT2D eigenvalue weighted by atomic mass is 9.58. The number of nitrogens with zero attached hydrogens (tertiary/aromatic N) is 1. The fraction of sp³-hybridized carbons (Fsp3) is 0.500. The monoisotopic (exact) mass is 245 g/mol.